The first-order chi connectivity index (χ1) is 8.70. The minimum Gasteiger partial charge on any atom is -0.351 e. The van der Waals surface area contributed by atoms with Crippen molar-refractivity contribution >= 4 is 5.95 Å². The quantitative estimate of drug-likeness (QED) is 0.862. The molecule has 18 heavy (non-hydrogen) atoms. The highest BCUT2D eigenvalue weighted by Crippen LogP contribution is 2.21. The molecule has 0 spiro atoms. The third-order valence-corrected chi connectivity index (χ3v) is 2.84. The van der Waals surface area contributed by atoms with Crippen LogP contribution in [0.2, 0.25) is 0 Å². The average molecular weight is 242 g/mol. The molecule has 4 heteroatoms. The van der Waals surface area contributed by atoms with Crippen LogP contribution in [0, 0.1) is 6.92 Å². The number of rotatable bonds is 4. The first kappa shape index (κ1) is 12.5. The molecule has 1 aromatic heterocycles. The average Bonchev–Trinajstić information content (AvgIpc) is 2.40. The molecule has 0 radical (unpaired) electrons. The summed E-state index contributed by atoms with van der Waals surface area (Å²) in [6.07, 6.45) is 3.67. The smallest absolute Gasteiger partial charge is 0.222 e. The predicted molar refractivity (Wildman–Crippen MR) is 74.3 cm³/mol. The van der Waals surface area contributed by atoms with Crippen LogP contribution in [0.4, 0.5) is 5.95 Å². The summed E-state index contributed by atoms with van der Waals surface area (Å²) >= 11 is 0. The molecule has 1 atom stereocenters. The van der Waals surface area contributed by atoms with E-state index in [1.54, 1.807) is 0 Å². The SMILES string of the molecule is Cc1ccccc1-c1cnc(NC(C)CN)nc1. The van der Waals surface area contributed by atoms with E-state index in [-0.39, 0.29) is 6.04 Å². The standard InChI is InChI=1S/C14H18N4/c1-10-5-3-4-6-13(10)12-8-16-14(17-9-12)18-11(2)7-15/h3-6,8-9,11H,7,15H2,1-2H3,(H,16,17,18). The molecule has 0 aliphatic rings. The van der Waals surface area contributed by atoms with Crippen molar-refractivity contribution in [1.82, 2.24) is 9.97 Å². The summed E-state index contributed by atoms with van der Waals surface area (Å²) < 4.78 is 0. The Kier molecular flexibility index (Phi) is 3.89. The minimum absolute atomic E-state index is 0.175. The van der Waals surface area contributed by atoms with Crippen LogP contribution in [0.1, 0.15) is 12.5 Å². The van der Waals surface area contributed by atoms with Crippen LogP contribution in [0.25, 0.3) is 11.1 Å². The highest BCUT2D eigenvalue weighted by Gasteiger charge is 2.04. The van der Waals surface area contributed by atoms with Crippen LogP contribution < -0.4 is 11.1 Å². The molecule has 3 N–H and O–H groups in total. The molecule has 0 amide bonds. The lowest BCUT2D eigenvalue weighted by molar-refractivity contribution is 0.790. The molecular weight excluding hydrogens is 224 g/mol. The molecule has 0 bridgehead atoms. The van der Waals surface area contributed by atoms with Crippen molar-refractivity contribution in [2.75, 3.05) is 11.9 Å². The Morgan fingerprint density at radius 1 is 1.22 bits per heavy atom. The summed E-state index contributed by atoms with van der Waals surface area (Å²) in [6, 6.07) is 8.37. The molecule has 1 aromatic carbocycles. The molecule has 0 aliphatic heterocycles. The molecule has 0 aliphatic carbocycles. The van der Waals surface area contributed by atoms with Crippen LogP contribution in [-0.4, -0.2) is 22.6 Å². The van der Waals surface area contributed by atoms with E-state index in [1.165, 1.54) is 5.56 Å². The third kappa shape index (κ3) is 2.84. The molecule has 94 valence electrons. The lowest BCUT2D eigenvalue weighted by Gasteiger charge is -2.11. The molecule has 2 rings (SSSR count). The number of aromatic nitrogens is 2. The van der Waals surface area contributed by atoms with Gasteiger partial charge in [0, 0.05) is 30.5 Å². The van der Waals surface area contributed by atoms with Gasteiger partial charge in [-0.2, -0.15) is 0 Å². The normalized spacial score (nSPS) is 12.2. The van der Waals surface area contributed by atoms with Crippen LogP contribution in [0.5, 0.6) is 0 Å². The maximum Gasteiger partial charge on any atom is 0.222 e. The second-order valence-corrected chi connectivity index (χ2v) is 4.39. The summed E-state index contributed by atoms with van der Waals surface area (Å²) in [6.45, 7) is 4.64. The molecule has 4 nitrogen and oxygen atoms in total. The van der Waals surface area contributed by atoms with Gasteiger partial charge in [-0.1, -0.05) is 24.3 Å². The first-order valence-electron chi connectivity index (χ1n) is 6.05. The van der Waals surface area contributed by atoms with Crippen molar-refractivity contribution in [3.63, 3.8) is 0 Å². The van der Waals surface area contributed by atoms with Crippen LogP contribution >= 0.6 is 0 Å². The Bertz CT molecular complexity index is 507. The van der Waals surface area contributed by atoms with Gasteiger partial charge in [0.25, 0.3) is 0 Å². The van der Waals surface area contributed by atoms with Gasteiger partial charge in [-0.05, 0) is 25.0 Å². The molecule has 1 unspecified atom stereocenters. The number of aryl methyl sites for hydroxylation is 1. The molecule has 2 aromatic rings. The monoisotopic (exact) mass is 242 g/mol. The summed E-state index contributed by atoms with van der Waals surface area (Å²) in [7, 11) is 0. The van der Waals surface area contributed by atoms with Gasteiger partial charge in [0.05, 0.1) is 0 Å². The molecule has 1 heterocycles. The van der Waals surface area contributed by atoms with E-state index >= 15 is 0 Å². The molecule has 0 saturated carbocycles. The molecular formula is C14H18N4. The fourth-order valence-electron chi connectivity index (χ4n) is 1.72. The Morgan fingerprint density at radius 3 is 2.50 bits per heavy atom. The zero-order valence-electron chi connectivity index (χ0n) is 10.7. The Labute approximate surface area is 107 Å². The number of benzene rings is 1. The van der Waals surface area contributed by atoms with Gasteiger partial charge in [-0.3, -0.25) is 0 Å². The highest BCUT2D eigenvalue weighted by molar-refractivity contribution is 5.65. The van der Waals surface area contributed by atoms with Crippen molar-refractivity contribution in [2.24, 2.45) is 5.73 Å². The van der Waals surface area contributed by atoms with E-state index < -0.39 is 0 Å². The number of nitrogens with one attached hydrogen (secondary N) is 1. The van der Waals surface area contributed by atoms with Gasteiger partial charge in [0.15, 0.2) is 0 Å². The van der Waals surface area contributed by atoms with Gasteiger partial charge in [-0.15, -0.1) is 0 Å². The highest BCUT2D eigenvalue weighted by atomic mass is 15.1. The minimum atomic E-state index is 0.175. The predicted octanol–water partition coefficient (Wildman–Crippen LogP) is 2.21. The largest absolute Gasteiger partial charge is 0.351 e. The number of nitrogens with two attached hydrogens (primary N) is 1. The molecule has 0 saturated heterocycles. The summed E-state index contributed by atoms with van der Waals surface area (Å²) in [5.74, 6) is 0.616. The Hall–Kier alpha value is -1.94. The van der Waals surface area contributed by atoms with Crippen molar-refractivity contribution in [2.45, 2.75) is 19.9 Å². The van der Waals surface area contributed by atoms with E-state index in [9.17, 15) is 0 Å². The third-order valence-electron chi connectivity index (χ3n) is 2.84. The van der Waals surface area contributed by atoms with Crippen molar-refractivity contribution in [3.05, 3.63) is 42.2 Å². The Balaban J connectivity index is 2.20. The Morgan fingerprint density at radius 2 is 1.89 bits per heavy atom. The van der Waals surface area contributed by atoms with Gasteiger partial charge < -0.3 is 11.1 Å². The lowest BCUT2D eigenvalue weighted by Crippen LogP contribution is -2.26. The number of hydrogen-bond acceptors (Lipinski definition) is 4. The second kappa shape index (κ2) is 5.60. The zero-order chi connectivity index (χ0) is 13.0. The zero-order valence-corrected chi connectivity index (χ0v) is 10.7. The van der Waals surface area contributed by atoms with Gasteiger partial charge in [-0.25, -0.2) is 9.97 Å². The van der Waals surface area contributed by atoms with Crippen LogP contribution in [0.15, 0.2) is 36.7 Å². The topological polar surface area (TPSA) is 63.8 Å². The fourth-order valence-corrected chi connectivity index (χ4v) is 1.72. The second-order valence-electron chi connectivity index (χ2n) is 4.39. The lowest BCUT2D eigenvalue weighted by atomic mass is 10.0. The van der Waals surface area contributed by atoms with Crippen molar-refractivity contribution < 1.29 is 0 Å². The maximum absolute atomic E-state index is 5.54. The van der Waals surface area contributed by atoms with Crippen molar-refractivity contribution in [1.29, 1.82) is 0 Å². The van der Waals surface area contributed by atoms with E-state index in [4.69, 9.17) is 5.73 Å². The summed E-state index contributed by atoms with van der Waals surface area (Å²) in [4.78, 5) is 8.61. The summed E-state index contributed by atoms with van der Waals surface area (Å²) in [5, 5.41) is 3.14. The number of hydrogen-bond donors (Lipinski definition) is 2. The van der Waals surface area contributed by atoms with E-state index in [2.05, 4.69) is 34.3 Å². The maximum atomic E-state index is 5.54. The van der Waals surface area contributed by atoms with Crippen LogP contribution in [-0.2, 0) is 0 Å². The molecule has 0 fully saturated rings. The van der Waals surface area contributed by atoms with Gasteiger partial charge >= 0.3 is 0 Å². The van der Waals surface area contributed by atoms with E-state index in [0.717, 1.165) is 11.1 Å². The van der Waals surface area contributed by atoms with Gasteiger partial charge in [0.1, 0.15) is 0 Å². The van der Waals surface area contributed by atoms with E-state index in [0.29, 0.717) is 12.5 Å². The number of anilines is 1. The van der Waals surface area contributed by atoms with Crippen LogP contribution in [0.3, 0.4) is 0 Å². The van der Waals surface area contributed by atoms with Crippen molar-refractivity contribution in [3.8, 4) is 11.1 Å². The number of nitrogens with zero attached hydrogens (tertiary/aromatic N) is 2. The summed E-state index contributed by atoms with van der Waals surface area (Å²) in [5.41, 5.74) is 8.95. The fraction of sp³-hybridized carbons (Fsp3) is 0.286. The van der Waals surface area contributed by atoms with E-state index in [1.807, 2.05) is 31.5 Å². The first-order valence-corrected chi connectivity index (χ1v) is 6.05. The van der Waals surface area contributed by atoms with Gasteiger partial charge in [0.2, 0.25) is 5.95 Å².